The summed E-state index contributed by atoms with van der Waals surface area (Å²) in [5.41, 5.74) is 0.559. The molecule has 0 amide bonds. The van der Waals surface area contributed by atoms with Crippen molar-refractivity contribution < 1.29 is 13.3 Å². The first-order valence-electron chi connectivity index (χ1n) is 5.04. The van der Waals surface area contributed by atoms with Gasteiger partial charge in [-0.05, 0) is 12.5 Å². The molecule has 0 aliphatic rings. The van der Waals surface area contributed by atoms with Crippen molar-refractivity contribution in [3.63, 3.8) is 0 Å². The van der Waals surface area contributed by atoms with E-state index in [1.54, 1.807) is 19.1 Å². The summed E-state index contributed by atoms with van der Waals surface area (Å²) in [7, 11) is -1.81. The van der Waals surface area contributed by atoms with Crippen LogP contribution in [-0.4, -0.2) is 30.4 Å². The van der Waals surface area contributed by atoms with E-state index in [2.05, 4.69) is 0 Å². The summed E-state index contributed by atoms with van der Waals surface area (Å²) < 4.78 is 24.2. The molecule has 0 atom stereocenters. The quantitative estimate of drug-likeness (QED) is 0.590. The van der Waals surface area contributed by atoms with Crippen LogP contribution in [0.15, 0.2) is 24.3 Å². The van der Waals surface area contributed by atoms with Crippen LogP contribution in [0.4, 0.5) is 5.69 Å². The number of rotatable bonds is 5. The lowest BCUT2D eigenvalue weighted by molar-refractivity contribution is -0.384. The van der Waals surface area contributed by atoms with E-state index in [-0.39, 0.29) is 18.0 Å². The Kier molecular flexibility index (Phi) is 4.19. The van der Waals surface area contributed by atoms with Crippen LogP contribution in [0.5, 0.6) is 0 Å². The van der Waals surface area contributed by atoms with Gasteiger partial charge in [0, 0.05) is 25.7 Å². The largest absolute Gasteiger partial charge is 0.269 e. The van der Waals surface area contributed by atoms with Gasteiger partial charge in [-0.3, -0.25) is 10.1 Å². The van der Waals surface area contributed by atoms with E-state index >= 15 is 0 Å². The maximum Gasteiger partial charge on any atom is 0.269 e. The van der Waals surface area contributed by atoms with E-state index in [4.69, 9.17) is 0 Å². The van der Waals surface area contributed by atoms with Gasteiger partial charge in [0.15, 0.2) is 0 Å². The molecule has 94 valence electrons. The van der Waals surface area contributed by atoms with E-state index in [1.165, 1.54) is 23.5 Å². The molecule has 17 heavy (non-hydrogen) atoms. The molecule has 0 fully saturated rings. The van der Waals surface area contributed by atoms with Crippen molar-refractivity contribution in [1.82, 2.24) is 4.31 Å². The average Bonchev–Trinajstić information content (AvgIpc) is 2.29. The third-order valence-electron chi connectivity index (χ3n) is 2.37. The number of benzene rings is 1. The van der Waals surface area contributed by atoms with Gasteiger partial charge < -0.3 is 0 Å². The molecular formula is C10H14N2O4S. The first-order chi connectivity index (χ1) is 7.86. The van der Waals surface area contributed by atoms with Crippen molar-refractivity contribution in [2.24, 2.45) is 0 Å². The second-order valence-electron chi connectivity index (χ2n) is 3.58. The zero-order valence-corrected chi connectivity index (χ0v) is 10.5. The molecular weight excluding hydrogens is 244 g/mol. The van der Waals surface area contributed by atoms with Gasteiger partial charge in [-0.2, -0.15) is 0 Å². The van der Waals surface area contributed by atoms with Crippen molar-refractivity contribution in [2.45, 2.75) is 13.5 Å². The van der Waals surface area contributed by atoms with E-state index in [0.717, 1.165) is 0 Å². The fraction of sp³-hybridized carbons (Fsp3) is 0.400. The Morgan fingerprint density at radius 1 is 1.41 bits per heavy atom. The molecule has 0 saturated carbocycles. The summed E-state index contributed by atoms with van der Waals surface area (Å²) in [6.07, 6.45) is 0. The highest BCUT2D eigenvalue weighted by Crippen LogP contribution is 2.15. The van der Waals surface area contributed by atoms with Crippen molar-refractivity contribution in [3.8, 4) is 0 Å². The lowest BCUT2D eigenvalue weighted by Crippen LogP contribution is -2.27. The van der Waals surface area contributed by atoms with Crippen LogP contribution in [0.25, 0.3) is 0 Å². The Balaban J connectivity index is 2.89. The van der Waals surface area contributed by atoms with Crippen LogP contribution in [0.3, 0.4) is 0 Å². The number of sulfonamides is 1. The molecule has 0 unspecified atom stereocenters. The van der Waals surface area contributed by atoms with Crippen LogP contribution in [0.2, 0.25) is 0 Å². The van der Waals surface area contributed by atoms with Gasteiger partial charge in [0.05, 0.1) is 10.7 Å². The van der Waals surface area contributed by atoms with Crippen LogP contribution in [0, 0.1) is 10.1 Å². The smallest absolute Gasteiger partial charge is 0.258 e. The number of nitro benzene ring substituents is 1. The van der Waals surface area contributed by atoms with Crippen molar-refractivity contribution >= 4 is 15.7 Å². The molecule has 0 radical (unpaired) electrons. The van der Waals surface area contributed by atoms with Crippen LogP contribution >= 0.6 is 0 Å². The molecule has 0 aromatic heterocycles. The molecule has 7 heteroatoms. The first kappa shape index (κ1) is 13.6. The van der Waals surface area contributed by atoms with E-state index in [0.29, 0.717) is 5.56 Å². The van der Waals surface area contributed by atoms with Crippen LogP contribution in [-0.2, 0) is 16.6 Å². The molecule has 1 aromatic rings. The third kappa shape index (κ3) is 3.50. The topological polar surface area (TPSA) is 80.5 Å². The monoisotopic (exact) mass is 258 g/mol. The number of hydrogen-bond donors (Lipinski definition) is 0. The number of non-ortho nitro benzene ring substituents is 1. The van der Waals surface area contributed by atoms with Gasteiger partial charge in [0.2, 0.25) is 10.0 Å². The Hall–Kier alpha value is -1.47. The maximum atomic E-state index is 11.5. The Morgan fingerprint density at radius 3 is 2.59 bits per heavy atom. The fourth-order valence-electron chi connectivity index (χ4n) is 1.34. The number of nitrogens with zero attached hydrogens (tertiary/aromatic N) is 2. The molecule has 6 nitrogen and oxygen atoms in total. The molecule has 0 bridgehead atoms. The standard InChI is InChI=1S/C10H14N2O4S/c1-3-17(15,16)11(2)8-9-5-4-6-10(7-9)12(13)14/h4-7H,3,8H2,1-2H3. The molecule has 1 rings (SSSR count). The van der Waals surface area contributed by atoms with E-state index in [9.17, 15) is 18.5 Å². The minimum absolute atomic E-state index is 0.0123. The summed E-state index contributed by atoms with van der Waals surface area (Å²) in [5.74, 6) is 0.0123. The Bertz CT molecular complexity index is 513. The molecule has 1 aromatic carbocycles. The SMILES string of the molecule is CCS(=O)(=O)N(C)Cc1cccc([N+](=O)[O-])c1. The van der Waals surface area contributed by atoms with Crippen LogP contribution < -0.4 is 0 Å². The van der Waals surface area contributed by atoms with Gasteiger partial charge in [0.25, 0.3) is 5.69 Å². The molecule has 0 spiro atoms. The number of nitro groups is 1. The van der Waals surface area contributed by atoms with Crippen molar-refractivity contribution in [1.29, 1.82) is 0 Å². The first-order valence-corrected chi connectivity index (χ1v) is 6.65. The van der Waals surface area contributed by atoms with Gasteiger partial charge in [-0.25, -0.2) is 12.7 Å². The highest BCUT2D eigenvalue weighted by Gasteiger charge is 2.16. The van der Waals surface area contributed by atoms with Crippen molar-refractivity contribution in [3.05, 3.63) is 39.9 Å². The molecule has 0 aliphatic carbocycles. The summed E-state index contributed by atoms with van der Waals surface area (Å²) in [6, 6.07) is 5.95. The fourth-order valence-corrected chi connectivity index (χ4v) is 2.13. The minimum Gasteiger partial charge on any atom is -0.258 e. The van der Waals surface area contributed by atoms with Gasteiger partial charge >= 0.3 is 0 Å². The summed E-state index contributed by atoms with van der Waals surface area (Å²) in [6.45, 7) is 1.69. The summed E-state index contributed by atoms with van der Waals surface area (Å²) >= 11 is 0. The molecule has 0 heterocycles. The van der Waals surface area contributed by atoms with Gasteiger partial charge in [-0.15, -0.1) is 0 Å². The van der Waals surface area contributed by atoms with Gasteiger partial charge in [-0.1, -0.05) is 12.1 Å². The predicted molar refractivity (Wildman–Crippen MR) is 64.0 cm³/mol. The highest BCUT2D eigenvalue weighted by atomic mass is 32.2. The molecule has 0 N–H and O–H groups in total. The average molecular weight is 258 g/mol. The molecule has 0 saturated heterocycles. The maximum absolute atomic E-state index is 11.5. The third-order valence-corrected chi connectivity index (χ3v) is 4.17. The lowest BCUT2D eigenvalue weighted by atomic mass is 10.2. The lowest BCUT2D eigenvalue weighted by Gasteiger charge is -2.15. The zero-order valence-electron chi connectivity index (χ0n) is 9.66. The minimum atomic E-state index is -3.27. The van der Waals surface area contributed by atoms with E-state index < -0.39 is 14.9 Å². The van der Waals surface area contributed by atoms with Crippen LogP contribution in [0.1, 0.15) is 12.5 Å². The Labute approximate surface area is 100 Å². The van der Waals surface area contributed by atoms with E-state index in [1.807, 2.05) is 0 Å². The Morgan fingerprint density at radius 2 is 2.06 bits per heavy atom. The zero-order chi connectivity index (χ0) is 13.1. The summed E-state index contributed by atoms with van der Waals surface area (Å²) in [4.78, 5) is 10.1. The second-order valence-corrected chi connectivity index (χ2v) is 5.95. The molecule has 0 aliphatic heterocycles. The van der Waals surface area contributed by atoms with Crippen molar-refractivity contribution in [2.75, 3.05) is 12.8 Å². The number of hydrogen-bond acceptors (Lipinski definition) is 4. The highest BCUT2D eigenvalue weighted by molar-refractivity contribution is 7.89. The van der Waals surface area contributed by atoms with Gasteiger partial charge in [0.1, 0.15) is 0 Å². The normalized spacial score (nSPS) is 11.7. The second kappa shape index (κ2) is 5.24. The predicted octanol–water partition coefficient (Wildman–Crippen LogP) is 1.38. The summed E-state index contributed by atoms with van der Waals surface area (Å²) in [5, 5.41) is 10.6.